The summed E-state index contributed by atoms with van der Waals surface area (Å²) in [7, 11) is 0. The van der Waals surface area contributed by atoms with Crippen molar-refractivity contribution in [2.45, 2.75) is 19.3 Å². The highest BCUT2D eigenvalue weighted by atomic mass is 19.4. The van der Waals surface area contributed by atoms with E-state index in [4.69, 9.17) is 0 Å². The highest BCUT2D eigenvalue weighted by Gasteiger charge is 2.46. The molecule has 0 aliphatic heterocycles. The Balaban J connectivity index is 3.79. The number of rotatable bonds is 0. The van der Waals surface area contributed by atoms with Crippen LogP contribution in [-0.4, -0.2) is 0 Å². The van der Waals surface area contributed by atoms with E-state index in [0.29, 0.717) is 0 Å². The lowest BCUT2D eigenvalue weighted by Crippen LogP contribution is -2.20. The zero-order chi connectivity index (χ0) is 14.5. The van der Waals surface area contributed by atoms with Crippen LogP contribution >= 0.6 is 0 Å². The van der Waals surface area contributed by atoms with Gasteiger partial charge in [-0.15, -0.1) is 0 Å². The molecular formula is C9H3F9. The van der Waals surface area contributed by atoms with Gasteiger partial charge in [0.1, 0.15) is 16.9 Å². The van der Waals surface area contributed by atoms with E-state index >= 15 is 0 Å². The first kappa shape index (κ1) is 14.7. The molecule has 1 aromatic rings. The van der Waals surface area contributed by atoms with Gasteiger partial charge in [0.25, 0.3) is 0 Å². The molecule has 0 aliphatic rings. The summed E-state index contributed by atoms with van der Waals surface area (Å²) in [5.74, 6) is -8.15. The van der Waals surface area contributed by atoms with E-state index < -0.39 is 46.5 Å². The largest absolute Gasteiger partial charge is 0.422 e. The van der Waals surface area contributed by atoms with Crippen molar-refractivity contribution in [2.75, 3.05) is 0 Å². The van der Waals surface area contributed by atoms with Gasteiger partial charge in [0.2, 0.25) is 0 Å². The molecule has 0 saturated heterocycles. The number of halogens is 9. The van der Waals surface area contributed by atoms with Crippen LogP contribution in [0.3, 0.4) is 0 Å². The fourth-order valence-corrected chi connectivity index (χ4v) is 1.36. The molecular weight excluding hydrogens is 279 g/mol. The fourth-order valence-electron chi connectivity index (χ4n) is 1.36. The molecule has 102 valence electrons. The van der Waals surface area contributed by atoms with E-state index in [1.54, 1.807) is 0 Å². The van der Waals surface area contributed by atoms with Crippen LogP contribution in [0.4, 0.5) is 39.5 Å². The summed E-state index contributed by atoms with van der Waals surface area (Å²) >= 11 is 0. The molecule has 0 saturated carbocycles. The summed E-state index contributed by atoms with van der Waals surface area (Å²) in [5.41, 5.74) is -6.70. The summed E-state index contributed by atoms with van der Waals surface area (Å²) in [4.78, 5) is 0. The number of hydrogen-bond acceptors (Lipinski definition) is 0. The van der Waals surface area contributed by atoms with E-state index in [-0.39, 0.29) is 6.92 Å². The lowest BCUT2D eigenvalue weighted by atomic mass is 10.0. The Morgan fingerprint density at radius 2 is 0.944 bits per heavy atom. The fraction of sp³-hybridized carbons (Fsp3) is 0.333. The van der Waals surface area contributed by atoms with Crippen LogP contribution in [0.2, 0.25) is 0 Å². The molecule has 0 spiro atoms. The monoisotopic (exact) mass is 282 g/mol. The van der Waals surface area contributed by atoms with Crippen molar-refractivity contribution in [1.82, 2.24) is 0 Å². The quantitative estimate of drug-likeness (QED) is 0.487. The van der Waals surface area contributed by atoms with Crippen molar-refractivity contribution in [1.29, 1.82) is 0 Å². The standard InChI is InChI=1S/C9H3F9/c1-2-3(8(13,14)15)6(11)7(12)4(5(2)10)9(16,17)18/h1H3. The molecule has 1 rings (SSSR count). The molecule has 0 aliphatic carbocycles. The SMILES string of the molecule is Cc1c(F)c(C(F)(F)F)c(F)c(F)c1C(F)(F)F. The molecule has 0 bridgehead atoms. The number of alkyl halides is 6. The van der Waals surface area contributed by atoms with Gasteiger partial charge in [-0.3, -0.25) is 0 Å². The van der Waals surface area contributed by atoms with Crippen molar-refractivity contribution in [3.05, 3.63) is 34.1 Å². The topological polar surface area (TPSA) is 0 Å². The van der Waals surface area contributed by atoms with Crippen LogP contribution in [0.15, 0.2) is 0 Å². The zero-order valence-electron chi connectivity index (χ0n) is 8.40. The summed E-state index contributed by atoms with van der Waals surface area (Å²) in [6.45, 7) is 0.288. The van der Waals surface area contributed by atoms with Crippen LogP contribution < -0.4 is 0 Å². The number of benzene rings is 1. The Hall–Kier alpha value is -1.41. The summed E-state index contributed by atoms with van der Waals surface area (Å²) < 4.78 is 112. The van der Waals surface area contributed by atoms with E-state index in [0.717, 1.165) is 0 Å². The van der Waals surface area contributed by atoms with Crippen molar-refractivity contribution >= 4 is 0 Å². The van der Waals surface area contributed by atoms with Crippen LogP contribution in [0, 0.1) is 24.4 Å². The molecule has 0 radical (unpaired) electrons. The van der Waals surface area contributed by atoms with Crippen LogP contribution in [-0.2, 0) is 12.4 Å². The second kappa shape index (κ2) is 4.06. The third-order valence-corrected chi connectivity index (χ3v) is 2.12. The molecule has 0 fully saturated rings. The van der Waals surface area contributed by atoms with Crippen LogP contribution in [0.25, 0.3) is 0 Å². The first-order valence-corrected chi connectivity index (χ1v) is 4.20. The molecule has 1 aromatic carbocycles. The van der Waals surface area contributed by atoms with Gasteiger partial charge in [-0.05, 0) is 6.92 Å². The smallest absolute Gasteiger partial charge is 0.206 e. The van der Waals surface area contributed by atoms with Crippen LogP contribution in [0.1, 0.15) is 16.7 Å². The molecule has 0 unspecified atom stereocenters. The van der Waals surface area contributed by atoms with Gasteiger partial charge in [0.15, 0.2) is 11.6 Å². The minimum atomic E-state index is -5.64. The summed E-state index contributed by atoms with van der Waals surface area (Å²) in [5, 5.41) is 0. The summed E-state index contributed by atoms with van der Waals surface area (Å²) in [6, 6.07) is 0. The van der Waals surface area contributed by atoms with Gasteiger partial charge in [-0.1, -0.05) is 0 Å². The van der Waals surface area contributed by atoms with Gasteiger partial charge >= 0.3 is 12.4 Å². The molecule has 9 heteroatoms. The Morgan fingerprint density at radius 1 is 0.611 bits per heavy atom. The average Bonchev–Trinajstić information content (AvgIpc) is 2.10. The minimum absolute atomic E-state index is 0.288. The third-order valence-electron chi connectivity index (χ3n) is 2.12. The lowest BCUT2D eigenvalue weighted by Gasteiger charge is -2.17. The highest BCUT2D eigenvalue weighted by molar-refractivity contribution is 5.38. The highest BCUT2D eigenvalue weighted by Crippen LogP contribution is 2.41. The Morgan fingerprint density at radius 3 is 1.28 bits per heavy atom. The molecule has 0 aromatic heterocycles. The van der Waals surface area contributed by atoms with Gasteiger partial charge in [-0.25, -0.2) is 13.2 Å². The second-order valence-electron chi connectivity index (χ2n) is 3.31. The van der Waals surface area contributed by atoms with E-state index in [1.165, 1.54) is 0 Å². The summed E-state index contributed by atoms with van der Waals surface area (Å²) in [6.07, 6.45) is -11.1. The molecule has 0 amide bonds. The van der Waals surface area contributed by atoms with Crippen molar-refractivity contribution < 1.29 is 39.5 Å². The maximum Gasteiger partial charge on any atom is 0.422 e. The predicted molar refractivity (Wildman–Crippen MR) is 41.1 cm³/mol. The van der Waals surface area contributed by atoms with Crippen molar-refractivity contribution in [3.8, 4) is 0 Å². The first-order chi connectivity index (χ1) is 7.89. The molecule has 0 heterocycles. The molecule has 18 heavy (non-hydrogen) atoms. The van der Waals surface area contributed by atoms with Gasteiger partial charge in [0.05, 0.1) is 0 Å². The van der Waals surface area contributed by atoms with Gasteiger partial charge < -0.3 is 0 Å². The normalized spacial score (nSPS) is 13.0. The third kappa shape index (κ3) is 2.25. The Labute approximate surface area is 94.0 Å². The second-order valence-corrected chi connectivity index (χ2v) is 3.31. The first-order valence-electron chi connectivity index (χ1n) is 4.20. The van der Waals surface area contributed by atoms with Crippen molar-refractivity contribution in [2.24, 2.45) is 0 Å². The zero-order valence-corrected chi connectivity index (χ0v) is 8.40. The minimum Gasteiger partial charge on any atom is -0.206 e. The van der Waals surface area contributed by atoms with Gasteiger partial charge in [-0.2, -0.15) is 26.3 Å². The van der Waals surface area contributed by atoms with Crippen molar-refractivity contribution in [3.63, 3.8) is 0 Å². The van der Waals surface area contributed by atoms with Gasteiger partial charge in [0, 0.05) is 5.56 Å². The van der Waals surface area contributed by atoms with E-state index in [1.807, 2.05) is 0 Å². The molecule has 0 atom stereocenters. The maximum absolute atomic E-state index is 13.1. The van der Waals surface area contributed by atoms with E-state index in [9.17, 15) is 39.5 Å². The average molecular weight is 282 g/mol. The lowest BCUT2D eigenvalue weighted by molar-refractivity contribution is -0.148. The van der Waals surface area contributed by atoms with Crippen LogP contribution in [0.5, 0.6) is 0 Å². The maximum atomic E-state index is 13.1. The molecule has 0 nitrogen and oxygen atoms in total. The number of hydrogen-bond donors (Lipinski definition) is 0. The Kier molecular flexibility index (Phi) is 3.30. The van der Waals surface area contributed by atoms with E-state index in [2.05, 4.69) is 0 Å². The predicted octanol–water partition coefficient (Wildman–Crippen LogP) is 4.45. The molecule has 0 N–H and O–H groups in total. The Bertz CT molecular complexity index is 406.